The second kappa shape index (κ2) is 9.03. The highest BCUT2D eigenvalue weighted by molar-refractivity contribution is 8.45. The highest BCUT2D eigenvalue weighted by Gasteiger charge is 2.65. The van der Waals surface area contributed by atoms with Crippen molar-refractivity contribution in [2.45, 2.75) is 61.0 Å². The molecule has 4 atom stereocenters. The molecule has 5 rings (SSSR count). The first-order valence-corrected chi connectivity index (χ1v) is 14.6. The summed E-state index contributed by atoms with van der Waals surface area (Å²) in [6, 6.07) is -0.757. The Morgan fingerprint density at radius 3 is 2.23 bits per heavy atom. The summed E-state index contributed by atoms with van der Waals surface area (Å²) in [7, 11) is -10.0. The number of hydrogen-bond donors (Lipinski definition) is 2. The van der Waals surface area contributed by atoms with Crippen LogP contribution in [0.25, 0.3) is 0 Å². The van der Waals surface area contributed by atoms with E-state index >= 15 is 0 Å². The van der Waals surface area contributed by atoms with Gasteiger partial charge in [-0.25, -0.2) is 13.2 Å². The number of nitrogens with one attached hydrogen (secondary N) is 2. The van der Waals surface area contributed by atoms with E-state index in [9.17, 15) is 42.2 Å². The van der Waals surface area contributed by atoms with E-state index in [1.165, 1.54) is 0 Å². The lowest BCUT2D eigenvalue weighted by atomic mass is 9.91. The maximum absolute atomic E-state index is 14.2. The van der Waals surface area contributed by atoms with Crippen LogP contribution in [0, 0.1) is 17.7 Å². The minimum Gasteiger partial charge on any atom is -0.351 e. The first-order valence-electron chi connectivity index (χ1n) is 12.6. The van der Waals surface area contributed by atoms with Gasteiger partial charge in [-0.2, -0.15) is 0 Å². The van der Waals surface area contributed by atoms with Gasteiger partial charge in [-0.3, -0.25) is 19.5 Å². The smallest absolute Gasteiger partial charge is 0.310 e. The topological polar surface area (TPSA) is 74.3 Å². The average Bonchev–Trinajstić information content (AvgIpc) is 3.51. The predicted molar refractivity (Wildman–Crippen MR) is 131 cm³/mol. The van der Waals surface area contributed by atoms with E-state index in [1.54, 1.807) is 0 Å². The summed E-state index contributed by atoms with van der Waals surface area (Å²) in [5.41, 5.74) is -0.463. The van der Waals surface area contributed by atoms with Crippen molar-refractivity contribution in [1.82, 2.24) is 15.6 Å². The van der Waals surface area contributed by atoms with E-state index < -0.39 is 69.6 Å². The van der Waals surface area contributed by atoms with E-state index in [4.69, 9.17) is 0 Å². The minimum absolute atomic E-state index is 0.0760. The van der Waals surface area contributed by atoms with Crippen LogP contribution in [-0.4, -0.2) is 41.3 Å². The first-order chi connectivity index (χ1) is 18.4. The molecule has 0 bridgehead atoms. The van der Waals surface area contributed by atoms with Crippen molar-refractivity contribution >= 4 is 27.7 Å². The molecule has 2 aromatic rings. The van der Waals surface area contributed by atoms with Crippen molar-refractivity contribution < 1.29 is 42.2 Å². The minimum atomic E-state index is -10.0. The van der Waals surface area contributed by atoms with Gasteiger partial charge in [0.25, 0.3) is 0 Å². The number of pyridine rings is 1. The van der Waals surface area contributed by atoms with Crippen LogP contribution in [0.3, 0.4) is 0 Å². The molecule has 40 heavy (non-hydrogen) atoms. The van der Waals surface area contributed by atoms with Crippen LogP contribution in [0.1, 0.15) is 43.7 Å². The summed E-state index contributed by atoms with van der Waals surface area (Å²) in [6.07, 6.45) is 1.50. The molecule has 2 N–H and O–H groups in total. The number of carbonyl (C=O) groups excluding carboxylic acids is 2. The van der Waals surface area contributed by atoms with Gasteiger partial charge in [0.2, 0.25) is 17.7 Å². The summed E-state index contributed by atoms with van der Waals surface area (Å²) in [4.78, 5) is 29.9. The molecule has 2 aliphatic carbocycles. The summed E-state index contributed by atoms with van der Waals surface area (Å²) in [5, 5.41) is 5.62. The van der Waals surface area contributed by atoms with Crippen molar-refractivity contribution in [2.75, 3.05) is 11.4 Å². The van der Waals surface area contributed by atoms with Gasteiger partial charge >= 0.3 is 10.2 Å². The lowest BCUT2D eigenvalue weighted by Gasteiger charge is -2.41. The van der Waals surface area contributed by atoms with Crippen molar-refractivity contribution in [3.63, 3.8) is 0 Å². The molecule has 0 radical (unpaired) electrons. The number of aromatic nitrogens is 1. The second-order valence-corrected chi connectivity index (χ2v) is 13.1. The molecule has 15 heteroatoms. The summed E-state index contributed by atoms with van der Waals surface area (Å²) >= 11 is 0. The summed E-state index contributed by atoms with van der Waals surface area (Å²) < 4.78 is 109. The highest BCUT2D eigenvalue weighted by atomic mass is 32.5. The average molecular weight is 599 g/mol. The van der Waals surface area contributed by atoms with E-state index in [0.717, 1.165) is 23.4 Å². The fourth-order valence-corrected chi connectivity index (χ4v) is 6.14. The Balaban J connectivity index is 1.55. The largest absolute Gasteiger partial charge is 0.351 e. The van der Waals surface area contributed by atoms with Gasteiger partial charge in [0, 0.05) is 36.3 Å². The predicted octanol–water partition coefficient (Wildman–Crippen LogP) is 6.25. The molecule has 1 aromatic carbocycles. The number of amides is 2. The molecule has 1 aromatic heterocycles. The lowest BCUT2D eigenvalue weighted by Crippen LogP contribution is -2.52. The van der Waals surface area contributed by atoms with Crippen LogP contribution >= 0.6 is 10.2 Å². The van der Waals surface area contributed by atoms with Crippen LogP contribution in [0.2, 0.25) is 0 Å². The highest BCUT2D eigenvalue weighted by Crippen LogP contribution is 3.02. The third-order valence-electron chi connectivity index (χ3n) is 7.68. The van der Waals surface area contributed by atoms with Crippen LogP contribution in [0.4, 0.5) is 38.3 Å². The number of alkyl halides is 2. The van der Waals surface area contributed by atoms with Crippen molar-refractivity contribution in [1.29, 1.82) is 0 Å². The van der Waals surface area contributed by atoms with E-state index in [0.29, 0.717) is 25.1 Å². The van der Waals surface area contributed by atoms with Crippen molar-refractivity contribution in [2.24, 2.45) is 11.8 Å². The molecule has 0 spiro atoms. The number of fused-ring (bicyclic) bond motifs is 1. The van der Waals surface area contributed by atoms with Gasteiger partial charge < -0.3 is 10.6 Å². The molecule has 2 heterocycles. The molecule has 2 saturated carbocycles. The molecule has 2 amide bonds. The maximum atomic E-state index is 14.2. The number of halogens is 8. The van der Waals surface area contributed by atoms with E-state index in [-0.39, 0.29) is 48.1 Å². The van der Waals surface area contributed by atoms with E-state index in [2.05, 4.69) is 15.6 Å². The van der Waals surface area contributed by atoms with Crippen LogP contribution < -0.4 is 15.5 Å². The zero-order chi connectivity index (χ0) is 29.2. The molecule has 3 fully saturated rings. The van der Waals surface area contributed by atoms with Gasteiger partial charge in [-0.05, 0) is 68.0 Å². The Labute approximate surface area is 224 Å². The zero-order valence-electron chi connectivity index (χ0n) is 20.8. The molecule has 1 saturated heterocycles. The fraction of sp³-hybridized carbons (Fsp3) is 0.480. The van der Waals surface area contributed by atoms with Crippen molar-refractivity contribution in [3.8, 4) is 0 Å². The van der Waals surface area contributed by atoms with Gasteiger partial charge in [0.15, 0.2) is 0 Å². The monoisotopic (exact) mass is 598 g/mol. The number of hydrogen-bond acceptors (Lipinski definition) is 4. The third kappa shape index (κ3) is 6.04. The third-order valence-corrected chi connectivity index (χ3v) is 8.84. The maximum Gasteiger partial charge on any atom is 0.310 e. The van der Waals surface area contributed by atoms with Gasteiger partial charge in [-0.15, -0.1) is 0 Å². The molecular formula is C25H26F8N4O2S. The van der Waals surface area contributed by atoms with Crippen molar-refractivity contribution in [3.05, 3.63) is 54.1 Å². The lowest BCUT2D eigenvalue weighted by molar-refractivity contribution is -0.128. The first kappa shape index (κ1) is 28.6. The summed E-state index contributed by atoms with van der Waals surface area (Å²) in [6.45, 7) is 0.493. The summed E-state index contributed by atoms with van der Waals surface area (Å²) in [5.74, 6) is -5.32. The van der Waals surface area contributed by atoms with E-state index in [1.807, 2.05) is 0 Å². The fourth-order valence-electron chi connectivity index (χ4n) is 5.49. The number of benzene rings is 1. The quantitative estimate of drug-likeness (QED) is 0.370. The normalized spacial score (nSPS) is 26.6. The van der Waals surface area contributed by atoms with Crippen LogP contribution in [-0.2, 0) is 9.59 Å². The number of carbonyl (C=O) groups is 2. The Morgan fingerprint density at radius 2 is 1.70 bits per heavy atom. The molecule has 220 valence electrons. The number of piperidine rings is 1. The Hall–Kier alpha value is -2.94. The van der Waals surface area contributed by atoms with Gasteiger partial charge in [0.1, 0.15) is 16.8 Å². The number of nitrogens with zero attached hydrogens (tertiary/aromatic N) is 2. The van der Waals surface area contributed by atoms with Gasteiger partial charge in [0.05, 0.1) is 12.2 Å². The molecule has 3 aliphatic rings. The Bertz CT molecular complexity index is 1320. The molecule has 1 aliphatic heterocycles. The molecular weight excluding hydrogens is 572 g/mol. The number of anilines is 1. The SMILES string of the molecule is O=C(NC1CCC(F)(F)CC1)C(c1cncc(F)c1)N(C(=O)[C@@H]1NC[C@@H]2C[C@@H]21)c1ccc(S(F)(F)(F)(F)F)cc1. The Kier molecular flexibility index (Phi) is 6.45. The van der Waals surface area contributed by atoms with Gasteiger partial charge in [-0.1, -0.05) is 19.4 Å². The standard InChI is InChI=1S/C25H26F8N4O2S/c26-16-9-15(11-34-13-16)22(23(38)36-17-5-7-25(27,28)8-6-17)37(24(39)21-20-10-14(20)12-35-21)18-1-3-19(4-2-18)40(29,30,31,32)33/h1-4,9,11,13-14,17,20-22,35H,5-8,10,12H2,(H,36,38)/t14-,20-,21+,22?/m0/s1. The second-order valence-electron chi connectivity index (χ2n) is 10.7. The molecule has 6 nitrogen and oxygen atoms in total. The van der Waals surface area contributed by atoms with Crippen LogP contribution in [0.15, 0.2) is 47.6 Å². The molecule has 1 unspecified atom stereocenters. The van der Waals surface area contributed by atoms with Crippen LogP contribution in [0.5, 0.6) is 0 Å². The Morgan fingerprint density at radius 1 is 1.05 bits per heavy atom. The zero-order valence-corrected chi connectivity index (χ0v) is 21.6. The number of rotatable bonds is 7.